The van der Waals surface area contributed by atoms with Crippen LogP contribution >= 0.6 is 0 Å². The van der Waals surface area contributed by atoms with Gasteiger partial charge in [0.15, 0.2) is 0 Å². The highest BCUT2D eigenvalue weighted by atomic mass is 16.5. The van der Waals surface area contributed by atoms with Gasteiger partial charge in [-0.2, -0.15) is 0 Å². The average Bonchev–Trinajstić information content (AvgIpc) is 2.68. The van der Waals surface area contributed by atoms with E-state index in [4.69, 9.17) is 9.47 Å². The third-order valence-corrected chi connectivity index (χ3v) is 4.60. The Kier molecular flexibility index (Phi) is 4.29. The first-order valence-corrected chi connectivity index (χ1v) is 8.43. The highest BCUT2D eigenvalue weighted by molar-refractivity contribution is 6.01. The van der Waals surface area contributed by atoms with Crippen LogP contribution < -0.4 is 10.1 Å². The molecular weight excluding hydrogens is 318 g/mol. The molecule has 1 fully saturated rings. The lowest BCUT2D eigenvalue weighted by atomic mass is 10.0. The van der Waals surface area contributed by atoms with Crippen molar-refractivity contribution in [3.05, 3.63) is 59.7 Å². The number of benzene rings is 2. The van der Waals surface area contributed by atoms with E-state index in [1.54, 1.807) is 7.11 Å². The number of nitrogens with one attached hydrogen (secondary N) is 1. The Morgan fingerprint density at radius 3 is 2.72 bits per heavy atom. The van der Waals surface area contributed by atoms with Gasteiger partial charge < -0.3 is 14.8 Å². The minimum Gasteiger partial charge on any atom is -0.497 e. The Labute approximate surface area is 146 Å². The van der Waals surface area contributed by atoms with Gasteiger partial charge in [0.1, 0.15) is 11.9 Å². The normalized spacial score (nSPS) is 20.8. The van der Waals surface area contributed by atoms with Crippen LogP contribution in [0.2, 0.25) is 0 Å². The van der Waals surface area contributed by atoms with E-state index in [0.717, 1.165) is 17.0 Å². The molecule has 2 aromatic carbocycles. The number of hydrogen-bond acceptors (Lipinski definition) is 5. The maximum Gasteiger partial charge on any atom is 0.272 e. The van der Waals surface area contributed by atoms with Crippen molar-refractivity contribution in [1.82, 2.24) is 10.0 Å². The molecular formula is C19H21N3O3. The second-order valence-corrected chi connectivity index (χ2v) is 6.08. The Hall–Kier alpha value is -2.57. The number of methoxy groups -OCH3 is 1. The number of ether oxygens (including phenoxy) is 2. The van der Waals surface area contributed by atoms with Gasteiger partial charge in [-0.15, -0.1) is 0 Å². The summed E-state index contributed by atoms with van der Waals surface area (Å²) in [6.45, 7) is 2.62. The summed E-state index contributed by atoms with van der Waals surface area (Å²) < 4.78 is 10.8. The molecule has 2 aliphatic heterocycles. The molecule has 2 heterocycles. The molecule has 1 saturated heterocycles. The molecule has 1 N–H and O–H groups in total. The third-order valence-electron chi connectivity index (χ3n) is 4.60. The highest BCUT2D eigenvalue weighted by Gasteiger charge is 2.37. The number of fused-ring (bicyclic) bond motifs is 1. The fourth-order valence-electron chi connectivity index (χ4n) is 3.34. The van der Waals surface area contributed by atoms with Crippen molar-refractivity contribution >= 4 is 11.6 Å². The second-order valence-electron chi connectivity index (χ2n) is 6.08. The van der Waals surface area contributed by atoms with Crippen molar-refractivity contribution < 1.29 is 14.3 Å². The number of carbonyl (C=O) groups excluding carboxylic acids is 1. The highest BCUT2D eigenvalue weighted by Crippen LogP contribution is 2.35. The van der Waals surface area contributed by atoms with Crippen LogP contribution in [0.4, 0.5) is 5.69 Å². The molecule has 2 aliphatic rings. The molecule has 0 unspecified atom stereocenters. The van der Waals surface area contributed by atoms with Crippen molar-refractivity contribution in [1.29, 1.82) is 0 Å². The van der Waals surface area contributed by atoms with E-state index in [1.165, 1.54) is 0 Å². The fourth-order valence-corrected chi connectivity index (χ4v) is 3.34. The number of para-hydroxylation sites is 1. The van der Waals surface area contributed by atoms with Crippen LogP contribution in [0.1, 0.15) is 22.1 Å². The predicted molar refractivity (Wildman–Crippen MR) is 94.4 cm³/mol. The van der Waals surface area contributed by atoms with Crippen molar-refractivity contribution in [2.75, 3.05) is 38.7 Å². The smallest absolute Gasteiger partial charge is 0.272 e. The predicted octanol–water partition coefficient (Wildman–Crippen LogP) is 2.51. The Morgan fingerprint density at radius 2 is 1.92 bits per heavy atom. The van der Waals surface area contributed by atoms with Crippen LogP contribution in [0.25, 0.3) is 0 Å². The van der Waals surface area contributed by atoms with Gasteiger partial charge in [-0.1, -0.05) is 24.3 Å². The third kappa shape index (κ3) is 2.94. The van der Waals surface area contributed by atoms with Gasteiger partial charge in [-0.05, 0) is 29.8 Å². The van der Waals surface area contributed by atoms with E-state index in [1.807, 2.05) is 53.5 Å². The lowest BCUT2D eigenvalue weighted by molar-refractivity contribution is -0.0864. The molecule has 6 heteroatoms. The van der Waals surface area contributed by atoms with Gasteiger partial charge in [0.25, 0.3) is 5.91 Å². The summed E-state index contributed by atoms with van der Waals surface area (Å²) in [7, 11) is 1.65. The number of rotatable bonds is 3. The van der Waals surface area contributed by atoms with Crippen LogP contribution in [0.3, 0.4) is 0 Å². The first-order chi connectivity index (χ1) is 12.3. The first kappa shape index (κ1) is 15.9. The topological polar surface area (TPSA) is 54.0 Å². The SMILES string of the molecule is COc1cccc([C@@H]2Nc3ccccc3C(=O)N2N2CCOCC2)c1. The zero-order valence-electron chi connectivity index (χ0n) is 14.1. The molecule has 0 spiro atoms. The molecule has 0 bridgehead atoms. The van der Waals surface area contributed by atoms with E-state index < -0.39 is 0 Å². The number of hydrazine groups is 1. The lowest BCUT2D eigenvalue weighted by Gasteiger charge is -2.45. The number of amides is 1. The summed E-state index contributed by atoms with van der Waals surface area (Å²) in [4.78, 5) is 13.2. The molecule has 6 nitrogen and oxygen atoms in total. The maximum absolute atomic E-state index is 13.2. The Morgan fingerprint density at radius 1 is 1.12 bits per heavy atom. The van der Waals surface area contributed by atoms with Gasteiger partial charge in [-0.25, -0.2) is 10.0 Å². The number of anilines is 1. The summed E-state index contributed by atoms with van der Waals surface area (Å²) >= 11 is 0. The average molecular weight is 339 g/mol. The zero-order chi connectivity index (χ0) is 17.2. The van der Waals surface area contributed by atoms with E-state index in [0.29, 0.717) is 31.9 Å². The van der Waals surface area contributed by atoms with E-state index in [-0.39, 0.29) is 12.1 Å². The Balaban J connectivity index is 1.77. The summed E-state index contributed by atoms with van der Waals surface area (Å²) in [6.07, 6.45) is -0.282. The van der Waals surface area contributed by atoms with Crippen molar-refractivity contribution in [2.24, 2.45) is 0 Å². The lowest BCUT2D eigenvalue weighted by Crippen LogP contribution is -2.56. The first-order valence-electron chi connectivity index (χ1n) is 8.43. The monoisotopic (exact) mass is 339 g/mol. The van der Waals surface area contributed by atoms with Crippen LogP contribution in [-0.4, -0.2) is 49.3 Å². The van der Waals surface area contributed by atoms with Gasteiger partial charge in [0, 0.05) is 18.8 Å². The van der Waals surface area contributed by atoms with Crippen LogP contribution in [0.5, 0.6) is 5.75 Å². The summed E-state index contributed by atoms with van der Waals surface area (Å²) in [5.41, 5.74) is 2.52. The Bertz CT molecular complexity index is 774. The molecule has 1 atom stereocenters. The zero-order valence-corrected chi connectivity index (χ0v) is 14.1. The van der Waals surface area contributed by atoms with Crippen LogP contribution in [-0.2, 0) is 4.74 Å². The second kappa shape index (κ2) is 6.74. The summed E-state index contributed by atoms with van der Waals surface area (Å²) in [6, 6.07) is 15.4. The number of nitrogens with zero attached hydrogens (tertiary/aromatic N) is 2. The minimum absolute atomic E-state index is 0.00377. The molecule has 2 aromatic rings. The van der Waals surface area contributed by atoms with Gasteiger partial charge in [0.2, 0.25) is 0 Å². The molecule has 4 rings (SSSR count). The summed E-state index contributed by atoms with van der Waals surface area (Å²) in [5.74, 6) is 0.775. The number of carbonyl (C=O) groups is 1. The van der Waals surface area contributed by atoms with Crippen LogP contribution in [0.15, 0.2) is 48.5 Å². The van der Waals surface area contributed by atoms with Crippen molar-refractivity contribution in [3.63, 3.8) is 0 Å². The largest absolute Gasteiger partial charge is 0.497 e. The molecule has 0 radical (unpaired) electrons. The molecule has 0 saturated carbocycles. The molecule has 0 aliphatic carbocycles. The fraction of sp³-hybridized carbons (Fsp3) is 0.316. The van der Waals surface area contributed by atoms with Gasteiger partial charge in [-0.3, -0.25) is 4.79 Å². The van der Waals surface area contributed by atoms with Crippen molar-refractivity contribution in [3.8, 4) is 5.75 Å². The van der Waals surface area contributed by atoms with E-state index in [9.17, 15) is 4.79 Å². The van der Waals surface area contributed by atoms with Crippen LogP contribution in [0, 0.1) is 0 Å². The molecule has 1 amide bonds. The van der Waals surface area contributed by atoms with Gasteiger partial charge >= 0.3 is 0 Å². The molecule has 25 heavy (non-hydrogen) atoms. The quantitative estimate of drug-likeness (QED) is 0.931. The molecule has 130 valence electrons. The van der Waals surface area contributed by atoms with E-state index in [2.05, 4.69) is 10.3 Å². The number of hydrogen-bond donors (Lipinski definition) is 1. The standard InChI is InChI=1S/C19H21N3O3/c1-24-15-6-4-5-14(13-15)18-20-17-8-3-2-7-16(17)19(23)22(18)21-9-11-25-12-10-21/h2-8,13,18,20H,9-12H2,1H3/t18-/m1/s1. The number of morpholine rings is 1. The van der Waals surface area contributed by atoms with Gasteiger partial charge in [0.05, 0.1) is 25.9 Å². The maximum atomic E-state index is 13.2. The van der Waals surface area contributed by atoms with Crippen molar-refractivity contribution in [2.45, 2.75) is 6.17 Å². The molecule has 0 aromatic heterocycles. The summed E-state index contributed by atoms with van der Waals surface area (Å²) in [5, 5.41) is 7.40. The minimum atomic E-state index is -0.282. The van der Waals surface area contributed by atoms with E-state index >= 15 is 0 Å².